The molecule has 0 aromatic heterocycles. The third-order valence-corrected chi connectivity index (χ3v) is 0.175. The van der Waals surface area contributed by atoms with E-state index in [0.29, 0.717) is 0 Å². The second-order valence-electron chi connectivity index (χ2n) is 0.598. The summed E-state index contributed by atoms with van der Waals surface area (Å²) in [5.41, 5.74) is 4.57. The molecular formula is C2H10N3NaO2. The molecule has 0 aliphatic carbocycles. The second-order valence-corrected chi connectivity index (χ2v) is 0.598. The zero-order valence-electron chi connectivity index (χ0n) is 3.79. The molecule has 0 aliphatic rings. The molecule has 0 aromatic carbocycles. The van der Waals surface area contributed by atoms with Crippen LogP contribution >= 0.6 is 0 Å². The van der Waals surface area contributed by atoms with Crippen LogP contribution in [0.2, 0.25) is 0 Å². The fraction of sp³-hybridized carbons (Fsp3) is 0.500. The van der Waals surface area contributed by atoms with E-state index in [2.05, 4.69) is 17.4 Å². The van der Waals surface area contributed by atoms with Crippen molar-refractivity contribution < 1.29 is 9.90 Å². The van der Waals surface area contributed by atoms with E-state index in [4.69, 9.17) is 5.11 Å². The topological polar surface area (TPSA) is 115 Å². The molecule has 6 heteroatoms. The van der Waals surface area contributed by atoms with Gasteiger partial charge in [0.25, 0.3) is 0 Å². The number of carboxylic acids is 1. The summed E-state index contributed by atoms with van der Waals surface area (Å²) in [6, 6.07) is 0. The first-order valence-corrected chi connectivity index (χ1v) is 1.52. The summed E-state index contributed by atoms with van der Waals surface area (Å²) in [6.45, 7) is -0.278. The van der Waals surface area contributed by atoms with Crippen molar-refractivity contribution in [2.24, 2.45) is 17.4 Å². The first-order chi connectivity index (χ1) is 3.27. The van der Waals surface area contributed by atoms with Gasteiger partial charge in [-0.2, -0.15) is 0 Å². The molecule has 5 nitrogen and oxygen atoms in total. The number of nitrogens with two attached hydrogens (primary N) is 3. The third-order valence-electron chi connectivity index (χ3n) is 0.175. The standard InChI is InChI=1S/C2H5NO2.H4N2.Na.H/c3-1-2(4)5;1-2;;/h1,3H2,(H,4,5);1-2H2;;. The maximum absolute atomic E-state index is 9.24. The van der Waals surface area contributed by atoms with Crippen molar-refractivity contribution in [1.82, 2.24) is 0 Å². The van der Waals surface area contributed by atoms with Crippen molar-refractivity contribution in [2.45, 2.75) is 0 Å². The van der Waals surface area contributed by atoms with Crippen LogP contribution < -0.4 is 17.4 Å². The van der Waals surface area contributed by atoms with Crippen molar-refractivity contribution in [3.8, 4) is 0 Å². The van der Waals surface area contributed by atoms with E-state index >= 15 is 0 Å². The molecule has 0 radical (unpaired) electrons. The minimum atomic E-state index is -0.968. The summed E-state index contributed by atoms with van der Waals surface area (Å²) in [5.74, 6) is 7.03. The van der Waals surface area contributed by atoms with Gasteiger partial charge in [-0.25, -0.2) is 0 Å². The Bertz CT molecular complexity index is 50.5. The Hall–Kier alpha value is 0.350. The van der Waals surface area contributed by atoms with E-state index in [9.17, 15) is 4.79 Å². The van der Waals surface area contributed by atoms with Gasteiger partial charge < -0.3 is 10.8 Å². The predicted molar refractivity (Wildman–Crippen MR) is 32.2 cm³/mol. The summed E-state index contributed by atoms with van der Waals surface area (Å²) in [6.07, 6.45) is 0. The van der Waals surface area contributed by atoms with Crippen LogP contribution in [0.3, 0.4) is 0 Å². The Morgan fingerprint density at radius 2 is 1.62 bits per heavy atom. The summed E-state index contributed by atoms with van der Waals surface area (Å²) in [4.78, 5) is 9.24. The third kappa shape index (κ3) is 32.9. The van der Waals surface area contributed by atoms with Gasteiger partial charge >= 0.3 is 35.5 Å². The van der Waals surface area contributed by atoms with Crippen LogP contribution in [0.25, 0.3) is 0 Å². The molecular weight excluding hydrogens is 121 g/mol. The number of hydrogen-bond acceptors (Lipinski definition) is 4. The van der Waals surface area contributed by atoms with E-state index in [1.807, 2.05) is 0 Å². The second kappa shape index (κ2) is 15.7. The summed E-state index contributed by atoms with van der Waals surface area (Å²) in [5, 5.41) is 7.60. The van der Waals surface area contributed by atoms with E-state index in [-0.39, 0.29) is 36.1 Å². The molecule has 0 aliphatic heterocycles. The molecule has 8 heavy (non-hydrogen) atoms. The Morgan fingerprint density at radius 3 is 1.62 bits per heavy atom. The van der Waals surface area contributed by atoms with Gasteiger partial charge in [0.2, 0.25) is 0 Å². The van der Waals surface area contributed by atoms with Gasteiger partial charge in [0.15, 0.2) is 0 Å². The summed E-state index contributed by atoms with van der Waals surface area (Å²) >= 11 is 0. The van der Waals surface area contributed by atoms with Gasteiger partial charge in [-0.15, -0.1) is 0 Å². The zero-order chi connectivity index (χ0) is 6.28. The fourth-order valence-corrected chi connectivity index (χ4v) is 0. The van der Waals surface area contributed by atoms with Crippen molar-refractivity contribution in [1.29, 1.82) is 0 Å². The van der Waals surface area contributed by atoms with Crippen molar-refractivity contribution in [2.75, 3.05) is 6.54 Å². The predicted octanol–water partition coefficient (Wildman–Crippen LogP) is -2.80. The molecule has 0 unspecified atom stereocenters. The van der Waals surface area contributed by atoms with Crippen LogP contribution in [0, 0.1) is 0 Å². The minimum absolute atomic E-state index is 0. The van der Waals surface area contributed by atoms with E-state index in [1.165, 1.54) is 0 Å². The van der Waals surface area contributed by atoms with Crippen LogP contribution in [0.5, 0.6) is 0 Å². The average Bonchev–Trinajstić information content (AvgIpc) is 1.73. The van der Waals surface area contributed by atoms with E-state index < -0.39 is 5.97 Å². The number of aliphatic carboxylic acids is 1. The Labute approximate surface area is 69.5 Å². The van der Waals surface area contributed by atoms with Crippen LogP contribution in [0.4, 0.5) is 0 Å². The number of carbonyl (C=O) groups is 1. The van der Waals surface area contributed by atoms with Gasteiger partial charge in [-0.05, 0) is 0 Å². The van der Waals surface area contributed by atoms with Crippen molar-refractivity contribution in [3.63, 3.8) is 0 Å². The SMILES string of the molecule is NCC(=O)O.NN.[NaH]. The summed E-state index contributed by atoms with van der Waals surface area (Å²) in [7, 11) is 0. The molecule has 0 aromatic rings. The Balaban J connectivity index is -0.0000000750. The molecule has 0 fully saturated rings. The maximum atomic E-state index is 9.24. The van der Waals surface area contributed by atoms with Gasteiger partial charge in [-0.3, -0.25) is 16.5 Å². The van der Waals surface area contributed by atoms with E-state index in [0.717, 1.165) is 0 Å². The van der Waals surface area contributed by atoms with Crippen LogP contribution in [0.15, 0.2) is 0 Å². The number of rotatable bonds is 1. The van der Waals surface area contributed by atoms with Gasteiger partial charge in [0, 0.05) is 0 Å². The number of hydrazine groups is 1. The Kier molecular flexibility index (Phi) is 30.9. The molecule has 0 saturated carbocycles. The normalized spacial score (nSPS) is 5.38. The Morgan fingerprint density at radius 1 is 1.50 bits per heavy atom. The van der Waals surface area contributed by atoms with Crippen LogP contribution in [-0.2, 0) is 4.79 Å². The summed E-state index contributed by atoms with van der Waals surface area (Å²) < 4.78 is 0. The van der Waals surface area contributed by atoms with Crippen molar-refractivity contribution >= 4 is 35.5 Å². The van der Waals surface area contributed by atoms with Crippen molar-refractivity contribution in [3.05, 3.63) is 0 Å². The van der Waals surface area contributed by atoms with E-state index in [1.54, 1.807) is 0 Å². The van der Waals surface area contributed by atoms with Gasteiger partial charge in [0.1, 0.15) is 0 Å². The first-order valence-electron chi connectivity index (χ1n) is 1.52. The molecule has 0 heterocycles. The molecule has 0 saturated heterocycles. The molecule has 0 amide bonds. The molecule has 0 spiro atoms. The van der Waals surface area contributed by atoms with Gasteiger partial charge in [0.05, 0.1) is 6.54 Å². The number of carboxylic acid groups (broad SMARTS) is 1. The molecule has 46 valence electrons. The van der Waals surface area contributed by atoms with Crippen LogP contribution in [0.1, 0.15) is 0 Å². The molecule has 0 rings (SSSR count). The molecule has 0 atom stereocenters. The molecule has 0 bridgehead atoms. The quantitative estimate of drug-likeness (QED) is 0.174. The van der Waals surface area contributed by atoms with Crippen LogP contribution in [-0.4, -0.2) is 47.2 Å². The average molecular weight is 131 g/mol. The zero-order valence-corrected chi connectivity index (χ0v) is 3.79. The first kappa shape index (κ1) is 15.8. The van der Waals surface area contributed by atoms with Gasteiger partial charge in [-0.1, -0.05) is 0 Å². The number of hydrogen-bond donors (Lipinski definition) is 4. The monoisotopic (exact) mass is 131 g/mol. The molecule has 7 N–H and O–H groups in total. The fourth-order valence-electron chi connectivity index (χ4n) is 0.